The van der Waals surface area contributed by atoms with Gasteiger partial charge in [0.1, 0.15) is 0 Å². The van der Waals surface area contributed by atoms with Crippen LogP contribution in [0.2, 0.25) is 0 Å². The fraction of sp³-hybridized carbons (Fsp3) is 0.600. The van der Waals surface area contributed by atoms with Crippen LogP contribution in [-0.4, -0.2) is 50.2 Å². The van der Waals surface area contributed by atoms with Gasteiger partial charge in [-0.05, 0) is 29.4 Å². The molecule has 6 unspecified atom stereocenters. The molecule has 0 aromatic carbocycles. The van der Waals surface area contributed by atoms with Gasteiger partial charge >= 0.3 is 23.9 Å². The first-order chi connectivity index (χ1) is 11.5. The Morgan fingerprint density at radius 2 is 1.33 bits per heavy atom. The maximum Gasteiger partial charge on any atom is 0.336 e. The van der Waals surface area contributed by atoms with E-state index in [1.165, 1.54) is 14.2 Å². The normalized spacial score (nSPS) is 38.8. The van der Waals surface area contributed by atoms with Gasteiger partial charge in [0.2, 0.25) is 0 Å². The van der Waals surface area contributed by atoms with Crippen LogP contribution in [0.25, 0.3) is 0 Å². The fourth-order valence-corrected chi connectivity index (χ4v) is 4.54. The van der Waals surface area contributed by atoms with Crippen LogP contribution in [-0.2, 0) is 33.4 Å². The first kappa shape index (κ1) is 15.0. The third-order valence-electron chi connectivity index (χ3n) is 5.38. The summed E-state index contributed by atoms with van der Waals surface area (Å²) in [6.07, 6.45) is 0.493. The number of hydrogen-bond acceptors (Lipinski definition) is 9. The maximum atomic E-state index is 12.1. The maximum absolute atomic E-state index is 12.1. The van der Waals surface area contributed by atoms with Crippen LogP contribution in [0.1, 0.15) is 6.42 Å². The Kier molecular flexibility index (Phi) is 3.09. The molecule has 1 saturated heterocycles. The molecule has 4 aliphatic rings. The van der Waals surface area contributed by atoms with Crippen molar-refractivity contribution in [3.05, 3.63) is 11.1 Å². The molecule has 2 aliphatic carbocycles. The van der Waals surface area contributed by atoms with Gasteiger partial charge < -0.3 is 14.2 Å². The summed E-state index contributed by atoms with van der Waals surface area (Å²) >= 11 is 0. The van der Waals surface area contributed by atoms with Crippen LogP contribution < -0.4 is 0 Å². The molecule has 6 atom stereocenters. The number of rotatable bonds is 2. The quantitative estimate of drug-likeness (QED) is 0.297. The van der Waals surface area contributed by atoms with Gasteiger partial charge in [-0.1, -0.05) is 0 Å². The van der Waals surface area contributed by atoms with Crippen molar-refractivity contribution in [3.8, 4) is 0 Å². The van der Waals surface area contributed by atoms with Gasteiger partial charge in [0, 0.05) is 0 Å². The predicted octanol–water partition coefficient (Wildman–Crippen LogP) is -0.203. The average Bonchev–Trinajstić information content (AvgIpc) is 3.24. The van der Waals surface area contributed by atoms with Crippen molar-refractivity contribution < 1.29 is 33.4 Å². The average molecular weight is 334 g/mol. The van der Waals surface area contributed by atoms with Gasteiger partial charge in [0.05, 0.1) is 26.1 Å². The van der Waals surface area contributed by atoms with E-state index < -0.39 is 47.8 Å². The van der Waals surface area contributed by atoms with Crippen molar-refractivity contribution in [1.29, 1.82) is 0 Å². The van der Waals surface area contributed by atoms with E-state index in [0.29, 0.717) is 17.6 Å². The highest BCUT2D eigenvalue weighted by Crippen LogP contribution is 2.61. The zero-order chi connectivity index (χ0) is 17.2. The molecule has 24 heavy (non-hydrogen) atoms. The van der Waals surface area contributed by atoms with Gasteiger partial charge in [-0.2, -0.15) is 10.2 Å². The third-order valence-corrected chi connectivity index (χ3v) is 5.38. The van der Waals surface area contributed by atoms with Crippen molar-refractivity contribution in [1.82, 2.24) is 0 Å². The van der Waals surface area contributed by atoms with E-state index in [-0.39, 0.29) is 11.8 Å². The standard InChI is InChI=1S/C15H14N2O7/c1-22-14(20)10-6-4-3-5(9-8(4)12(18)24-13(9)19)7(6)11(17-16-10)15(21)23-2/h4-5,8-11H,3H2,1-2H3. The Balaban J connectivity index is 1.83. The molecular weight excluding hydrogens is 320 g/mol. The molecule has 9 heteroatoms. The Hall–Kier alpha value is -2.58. The second-order valence-corrected chi connectivity index (χ2v) is 6.23. The van der Waals surface area contributed by atoms with Crippen molar-refractivity contribution in [3.63, 3.8) is 0 Å². The number of ether oxygens (including phenoxy) is 3. The molecule has 4 rings (SSSR count). The van der Waals surface area contributed by atoms with Crippen molar-refractivity contribution in [2.24, 2.45) is 33.9 Å². The molecule has 9 nitrogen and oxygen atoms in total. The Morgan fingerprint density at radius 3 is 1.71 bits per heavy atom. The molecule has 2 aliphatic heterocycles. The number of cyclic esters (lactones) is 2. The summed E-state index contributed by atoms with van der Waals surface area (Å²) in [6, 6.07) is -1.99. The number of azo groups is 1. The zero-order valence-corrected chi connectivity index (χ0v) is 12.9. The summed E-state index contributed by atoms with van der Waals surface area (Å²) in [4.78, 5) is 48.2. The molecule has 2 bridgehead atoms. The molecule has 2 heterocycles. The van der Waals surface area contributed by atoms with Crippen LogP contribution in [0.3, 0.4) is 0 Å². The van der Waals surface area contributed by atoms with Gasteiger partial charge in [0.25, 0.3) is 0 Å². The molecular formula is C15H14N2O7. The lowest BCUT2D eigenvalue weighted by atomic mass is 9.73. The highest BCUT2D eigenvalue weighted by Gasteiger charge is 2.66. The summed E-state index contributed by atoms with van der Waals surface area (Å²) < 4.78 is 14.3. The lowest BCUT2D eigenvalue weighted by Gasteiger charge is -2.32. The molecule has 0 aromatic rings. The van der Waals surface area contributed by atoms with E-state index in [1.807, 2.05) is 0 Å². The Bertz CT molecular complexity index is 682. The van der Waals surface area contributed by atoms with Gasteiger partial charge in [-0.15, -0.1) is 0 Å². The fourth-order valence-electron chi connectivity index (χ4n) is 4.54. The molecule has 1 saturated carbocycles. The minimum absolute atomic E-state index is 0.371. The van der Waals surface area contributed by atoms with Crippen molar-refractivity contribution in [2.45, 2.75) is 18.5 Å². The van der Waals surface area contributed by atoms with E-state index in [9.17, 15) is 19.2 Å². The predicted molar refractivity (Wildman–Crippen MR) is 73.2 cm³/mol. The molecule has 0 aromatic heterocycles. The number of hydrogen-bond donors (Lipinski definition) is 0. The Morgan fingerprint density at radius 1 is 0.917 bits per heavy atom. The van der Waals surface area contributed by atoms with Crippen LogP contribution in [0, 0.1) is 23.7 Å². The van der Waals surface area contributed by atoms with Gasteiger partial charge in [-0.25, -0.2) is 9.59 Å². The van der Waals surface area contributed by atoms with E-state index in [1.54, 1.807) is 0 Å². The number of carbonyl (C=O) groups excluding carboxylic acids is 4. The molecule has 0 radical (unpaired) electrons. The second-order valence-electron chi connectivity index (χ2n) is 6.23. The van der Waals surface area contributed by atoms with Crippen LogP contribution in [0.15, 0.2) is 21.4 Å². The number of fused-ring (bicyclic) bond motifs is 7. The van der Waals surface area contributed by atoms with Gasteiger partial charge in [0.15, 0.2) is 12.1 Å². The molecule has 2 fully saturated rings. The Labute approximate surface area is 136 Å². The molecule has 126 valence electrons. The minimum Gasteiger partial charge on any atom is -0.467 e. The zero-order valence-electron chi connectivity index (χ0n) is 12.9. The lowest BCUT2D eigenvalue weighted by Crippen LogP contribution is -2.40. The SMILES string of the molecule is COC(=O)C1N=NC(C(=O)OC)C2=C1C1CC2C2C(=O)OC(=O)C12. The largest absolute Gasteiger partial charge is 0.467 e. The van der Waals surface area contributed by atoms with Crippen LogP contribution in [0.4, 0.5) is 0 Å². The van der Waals surface area contributed by atoms with Crippen LogP contribution in [0.5, 0.6) is 0 Å². The topological polar surface area (TPSA) is 121 Å². The minimum atomic E-state index is -0.995. The van der Waals surface area contributed by atoms with Crippen molar-refractivity contribution in [2.75, 3.05) is 14.2 Å². The first-order valence-electron chi connectivity index (χ1n) is 7.54. The van der Waals surface area contributed by atoms with E-state index in [2.05, 4.69) is 10.2 Å². The van der Waals surface area contributed by atoms with Gasteiger partial charge in [-0.3, -0.25) is 9.59 Å². The smallest absolute Gasteiger partial charge is 0.336 e. The number of methoxy groups -OCH3 is 2. The molecule has 0 N–H and O–H groups in total. The summed E-state index contributed by atoms with van der Waals surface area (Å²) in [5, 5.41) is 7.85. The highest BCUT2D eigenvalue weighted by atomic mass is 16.6. The summed E-state index contributed by atoms with van der Waals surface area (Å²) in [5.41, 5.74) is 1.12. The first-order valence-corrected chi connectivity index (χ1v) is 7.54. The number of esters is 4. The monoisotopic (exact) mass is 334 g/mol. The molecule has 0 amide bonds. The van der Waals surface area contributed by atoms with E-state index in [0.717, 1.165) is 0 Å². The second kappa shape index (κ2) is 4.96. The summed E-state index contributed by atoms with van der Waals surface area (Å²) in [5.74, 6) is -4.38. The highest BCUT2D eigenvalue weighted by molar-refractivity contribution is 5.99. The van der Waals surface area contributed by atoms with Crippen LogP contribution >= 0.6 is 0 Å². The van der Waals surface area contributed by atoms with Crippen molar-refractivity contribution >= 4 is 23.9 Å². The number of nitrogens with zero attached hydrogens (tertiary/aromatic N) is 2. The van der Waals surface area contributed by atoms with E-state index in [4.69, 9.17) is 14.2 Å². The lowest BCUT2D eigenvalue weighted by molar-refractivity contribution is -0.155. The third kappa shape index (κ3) is 1.69. The number of carbonyl (C=O) groups is 4. The van der Waals surface area contributed by atoms with E-state index >= 15 is 0 Å². The molecule has 0 spiro atoms. The summed E-state index contributed by atoms with van der Waals surface area (Å²) in [6.45, 7) is 0. The summed E-state index contributed by atoms with van der Waals surface area (Å²) in [7, 11) is 2.46.